The highest BCUT2D eigenvalue weighted by molar-refractivity contribution is 7.90. The van der Waals surface area contributed by atoms with E-state index in [1.807, 2.05) is 0 Å². The van der Waals surface area contributed by atoms with E-state index in [0.29, 0.717) is 6.42 Å². The van der Waals surface area contributed by atoms with Crippen molar-refractivity contribution in [2.45, 2.75) is 39.7 Å². The Kier molecular flexibility index (Phi) is 6.01. The van der Waals surface area contributed by atoms with Gasteiger partial charge < -0.3 is 5.32 Å². The van der Waals surface area contributed by atoms with Gasteiger partial charge >= 0.3 is 0 Å². The van der Waals surface area contributed by atoms with Crippen LogP contribution in [0.25, 0.3) is 0 Å². The summed E-state index contributed by atoms with van der Waals surface area (Å²) >= 11 is 0. The molecule has 0 saturated carbocycles. The maximum Gasteiger partial charge on any atom is 0.147 e. The third-order valence-electron chi connectivity index (χ3n) is 3.06. The van der Waals surface area contributed by atoms with Crippen LogP contribution in [0.15, 0.2) is 18.2 Å². The summed E-state index contributed by atoms with van der Waals surface area (Å²) in [5.41, 5.74) is 3.63. The molecule has 0 spiro atoms. The summed E-state index contributed by atoms with van der Waals surface area (Å²) in [5, 5.41) is 3.45. The number of benzene rings is 1. The predicted molar refractivity (Wildman–Crippen MR) is 81.3 cm³/mol. The first-order valence-corrected chi connectivity index (χ1v) is 8.87. The van der Waals surface area contributed by atoms with Gasteiger partial charge in [-0.1, -0.05) is 36.2 Å². The van der Waals surface area contributed by atoms with Crippen molar-refractivity contribution in [3.05, 3.63) is 34.9 Å². The molecule has 1 rings (SSSR count). The number of nitrogens with one attached hydrogen (secondary N) is 1. The van der Waals surface area contributed by atoms with E-state index in [1.54, 1.807) is 0 Å². The molecule has 0 aliphatic carbocycles. The highest BCUT2D eigenvalue weighted by atomic mass is 32.2. The van der Waals surface area contributed by atoms with E-state index in [1.165, 1.54) is 22.9 Å². The number of aryl methyl sites for hydroxylation is 2. The minimum Gasteiger partial charge on any atom is -0.310 e. The highest BCUT2D eigenvalue weighted by Crippen LogP contribution is 2.20. The zero-order valence-electron chi connectivity index (χ0n) is 12.4. The number of hydrogen-bond donors (Lipinski definition) is 1. The Labute approximate surface area is 117 Å². The van der Waals surface area contributed by atoms with E-state index in [9.17, 15) is 8.42 Å². The van der Waals surface area contributed by atoms with Gasteiger partial charge in [-0.3, -0.25) is 0 Å². The second-order valence-electron chi connectivity index (χ2n) is 5.35. The normalized spacial score (nSPS) is 13.5. The van der Waals surface area contributed by atoms with E-state index in [4.69, 9.17) is 0 Å². The average Bonchev–Trinajstić information content (AvgIpc) is 2.26. The van der Waals surface area contributed by atoms with Crippen LogP contribution in [0.4, 0.5) is 0 Å². The largest absolute Gasteiger partial charge is 0.310 e. The van der Waals surface area contributed by atoms with Crippen LogP contribution in [0.1, 0.15) is 42.5 Å². The van der Waals surface area contributed by atoms with Crippen LogP contribution in [-0.4, -0.2) is 27.0 Å². The zero-order chi connectivity index (χ0) is 14.5. The van der Waals surface area contributed by atoms with Gasteiger partial charge in [0.25, 0.3) is 0 Å². The summed E-state index contributed by atoms with van der Waals surface area (Å²) in [7, 11) is -2.91. The molecule has 1 N–H and O–H groups in total. The molecule has 1 aromatic carbocycles. The van der Waals surface area contributed by atoms with Crippen LogP contribution in [-0.2, 0) is 9.84 Å². The average molecular weight is 283 g/mol. The summed E-state index contributed by atoms with van der Waals surface area (Å²) in [4.78, 5) is 0. The minimum atomic E-state index is -2.91. The highest BCUT2D eigenvalue weighted by Gasteiger charge is 2.14. The van der Waals surface area contributed by atoms with Crippen LogP contribution < -0.4 is 5.32 Å². The van der Waals surface area contributed by atoms with Gasteiger partial charge in [0.05, 0.1) is 5.75 Å². The lowest BCUT2D eigenvalue weighted by atomic mass is 9.99. The van der Waals surface area contributed by atoms with Gasteiger partial charge in [0, 0.05) is 12.3 Å². The molecule has 1 aromatic rings. The lowest BCUT2D eigenvalue weighted by molar-refractivity contribution is 0.513. The molecule has 3 nitrogen and oxygen atoms in total. The van der Waals surface area contributed by atoms with Gasteiger partial charge in [-0.05, 0) is 38.8 Å². The van der Waals surface area contributed by atoms with Crippen molar-refractivity contribution in [2.24, 2.45) is 0 Å². The van der Waals surface area contributed by atoms with Gasteiger partial charge in [0.15, 0.2) is 0 Å². The van der Waals surface area contributed by atoms with Crippen LogP contribution >= 0.6 is 0 Å². The first-order valence-electron chi connectivity index (χ1n) is 6.81. The molecule has 19 heavy (non-hydrogen) atoms. The first-order chi connectivity index (χ1) is 8.81. The minimum absolute atomic E-state index is 0.119. The summed E-state index contributed by atoms with van der Waals surface area (Å²) in [5.74, 6) is 0.224. The first kappa shape index (κ1) is 16.2. The third-order valence-corrected chi connectivity index (χ3v) is 4.04. The Morgan fingerprint density at radius 1 is 1.16 bits per heavy atom. The molecule has 1 atom stereocenters. The van der Waals surface area contributed by atoms with E-state index in [2.05, 4.69) is 44.3 Å². The fourth-order valence-electron chi connectivity index (χ4n) is 2.25. The van der Waals surface area contributed by atoms with Crippen molar-refractivity contribution in [1.29, 1.82) is 0 Å². The molecule has 0 bridgehead atoms. The van der Waals surface area contributed by atoms with Crippen LogP contribution in [0, 0.1) is 13.8 Å². The van der Waals surface area contributed by atoms with Crippen molar-refractivity contribution in [1.82, 2.24) is 5.32 Å². The molecule has 0 aromatic heterocycles. The van der Waals surface area contributed by atoms with E-state index >= 15 is 0 Å². The number of rotatable bonds is 7. The SMILES string of the molecule is CCCNC(CCS(C)(=O)=O)c1cc(C)cc(C)c1. The molecule has 0 saturated heterocycles. The monoisotopic (exact) mass is 283 g/mol. The predicted octanol–water partition coefficient (Wildman–Crippen LogP) is 2.78. The zero-order valence-corrected chi connectivity index (χ0v) is 13.2. The number of sulfone groups is 1. The fourth-order valence-corrected chi connectivity index (χ4v) is 2.91. The molecule has 0 heterocycles. The standard InChI is InChI=1S/C15H25NO2S/c1-5-7-16-15(6-8-19(4,17)18)14-10-12(2)9-13(3)11-14/h9-11,15-16H,5-8H2,1-4H3. The van der Waals surface area contributed by atoms with Crippen molar-refractivity contribution in [2.75, 3.05) is 18.6 Å². The molecule has 0 aliphatic rings. The Morgan fingerprint density at radius 2 is 1.74 bits per heavy atom. The number of hydrogen-bond acceptors (Lipinski definition) is 3. The summed E-state index contributed by atoms with van der Waals surface area (Å²) < 4.78 is 22.7. The Morgan fingerprint density at radius 3 is 2.21 bits per heavy atom. The van der Waals surface area contributed by atoms with Gasteiger partial charge in [-0.2, -0.15) is 0 Å². The van der Waals surface area contributed by atoms with Crippen molar-refractivity contribution in [3.8, 4) is 0 Å². The van der Waals surface area contributed by atoms with Crippen LogP contribution in [0.5, 0.6) is 0 Å². The van der Waals surface area contributed by atoms with E-state index in [-0.39, 0.29) is 11.8 Å². The Bertz CT molecular complexity index is 489. The van der Waals surface area contributed by atoms with Gasteiger partial charge in [0.1, 0.15) is 9.84 Å². The lowest BCUT2D eigenvalue weighted by Crippen LogP contribution is -2.24. The Hall–Kier alpha value is -0.870. The third kappa shape index (κ3) is 6.21. The quantitative estimate of drug-likeness (QED) is 0.837. The molecule has 4 heteroatoms. The molecular formula is C15H25NO2S. The molecule has 0 radical (unpaired) electrons. The van der Waals surface area contributed by atoms with Crippen molar-refractivity contribution in [3.63, 3.8) is 0 Å². The van der Waals surface area contributed by atoms with Crippen LogP contribution in [0.3, 0.4) is 0 Å². The summed E-state index contributed by atoms with van der Waals surface area (Å²) in [6.07, 6.45) is 2.97. The molecule has 0 amide bonds. The smallest absolute Gasteiger partial charge is 0.147 e. The van der Waals surface area contributed by atoms with E-state index in [0.717, 1.165) is 13.0 Å². The van der Waals surface area contributed by atoms with Crippen LogP contribution in [0.2, 0.25) is 0 Å². The Balaban J connectivity index is 2.88. The molecular weight excluding hydrogens is 258 g/mol. The van der Waals surface area contributed by atoms with Gasteiger partial charge in [-0.15, -0.1) is 0 Å². The summed E-state index contributed by atoms with van der Waals surface area (Å²) in [6, 6.07) is 6.54. The van der Waals surface area contributed by atoms with Crippen molar-refractivity contribution >= 4 is 9.84 Å². The lowest BCUT2D eigenvalue weighted by Gasteiger charge is -2.19. The molecule has 1 unspecified atom stereocenters. The second kappa shape index (κ2) is 7.06. The molecule has 0 fully saturated rings. The maximum atomic E-state index is 11.3. The fraction of sp³-hybridized carbons (Fsp3) is 0.600. The second-order valence-corrected chi connectivity index (χ2v) is 7.61. The molecule has 108 valence electrons. The maximum absolute atomic E-state index is 11.3. The summed E-state index contributed by atoms with van der Waals surface area (Å²) in [6.45, 7) is 7.16. The topological polar surface area (TPSA) is 46.2 Å². The van der Waals surface area contributed by atoms with E-state index < -0.39 is 9.84 Å². The molecule has 0 aliphatic heterocycles. The van der Waals surface area contributed by atoms with Gasteiger partial charge in [-0.25, -0.2) is 8.42 Å². The van der Waals surface area contributed by atoms with Gasteiger partial charge in [0.2, 0.25) is 0 Å². The van der Waals surface area contributed by atoms with Crippen molar-refractivity contribution < 1.29 is 8.42 Å².